The van der Waals surface area contributed by atoms with E-state index in [9.17, 15) is 4.79 Å². The summed E-state index contributed by atoms with van der Waals surface area (Å²) in [6.45, 7) is 0.471. The van der Waals surface area contributed by atoms with Crippen molar-refractivity contribution < 1.29 is 14.3 Å². The van der Waals surface area contributed by atoms with E-state index >= 15 is 0 Å². The van der Waals surface area contributed by atoms with E-state index in [0.29, 0.717) is 6.61 Å². The van der Waals surface area contributed by atoms with Gasteiger partial charge in [-0.05, 0) is 41.5 Å². The molecule has 0 spiro atoms. The molecule has 0 saturated carbocycles. The summed E-state index contributed by atoms with van der Waals surface area (Å²) >= 11 is 3.43. The van der Waals surface area contributed by atoms with Crippen molar-refractivity contribution in [2.45, 2.75) is 6.61 Å². The molecule has 0 aliphatic heterocycles. The standard InChI is InChI=1S/C19H15BrO3/c1-2-12-22-19(21)11-8-15-6-9-18(10-7-15)23-14-16-4-3-5-17(20)13-16/h1,3-11,13H,12,14H2/b11-8+. The van der Waals surface area contributed by atoms with Crippen LogP contribution < -0.4 is 4.74 Å². The molecule has 0 amide bonds. The highest BCUT2D eigenvalue weighted by molar-refractivity contribution is 9.10. The van der Waals surface area contributed by atoms with Gasteiger partial charge in [0.15, 0.2) is 6.61 Å². The third-order valence-electron chi connectivity index (χ3n) is 2.88. The SMILES string of the molecule is C#CCOC(=O)/C=C/c1ccc(OCc2cccc(Br)c2)cc1. The van der Waals surface area contributed by atoms with Crippen molar-refractivity contribution >= 4 is 28.0 Å². The normalized spacial score (nSPS) is 10.3. The lowest BCUT2D eigenvalue weighted by atomic mass is 10.2. The molecule has 0 fully saturated rings. The molecule has 0 saturated heterocycles. The largest absolute Gasteiger partial charge is 0.489 e. The summed E-state index contributed by atoms with van der Waals surface area (Å²) in [5, 5.41) is 0. The minimum Gasteiger partial charge on any atom is -0.489 e. The Balaban J connectivity index is 1.88. The first-order chi connectivity index (χ1) is 11.2. The van der Waals surface area contributed by atoms with E-state index in [0.717, 1.165) is 21.3 Å². The van der Waals surface area contributed by atoms with E-state index in [1.165, 1.54) is 6.08 Å². The quantitative estimate of drug-likeness (QED) is 0.433. The first kappa shape index (κ1) is 16.9. The molecule has 0 radical (unpaired) electrons. The maximum absolute atomic E-state index is 11.3. The van der Waals surface area contributed by atoms with Crippen molar-refractivity contribution in [3.8, 4) is 18.1 Å². The summed E-state index contributed by atoms with van der Waals surface area (Å²) in [6.07, 6.45) is 8.02. The fourth-order valence-corrected chi connectivity index (χ4v) is 2.24. The summed E-state index contributed by atoms with van der Waals surface area (Å²) in [6, 6.07) is 15.4. The summed E-state index contributed by atoms with van der Waals surface area (Å²) < 4.78 is 11.5. The number of esters is 1. The molecule has 3 nitrogen and oxygen atoms in total. The molecule has 0 atom stereocenters. The lowest BCUT2D eigenvalue weighted by Crippen LogP contribution is -1.99. The molecular weight excluding hydrogens is 356 g/mol. The Hall–Kier alpha value is -2.51. The summed E-state index contributed by atoms with van der Waals surface area (Å²) in [5.74, 6) is 2.54. The zero-order valence-electron chi connectivity index (χ0n) is 12.4. The van der Waals surface area contributed by atoms with Gasteiger partial charge in [0, 0.05) is 10.5 Å². The van der Waals surface area contributed by atoms with Gasteiger partial charge in [-0.25, -0.2) is 4.79 Å². The Bertz CT molecular complexity index is 727. The van der Waals surface area contributed by atoms with Crippen molar-refractivity contribution in [3.05, 3.63) is 70.2 Å². The average molecular weight is 371 g/mol. The number of carbonyl (C=O) groups is 1. The lowest BCUT2D eigenvalue weighted by Gasteiger charge is -2.07. The number of hydrogen-bond acceptors (Lipinski definition) is 3. The maximum atomic E-state index is 11.3. The van der Waals surface area contributed by atoms with Gasteiger partial charge < -0.3 is 9.47 Å². The molecule has 0 unspecified atom stereocenters. The maximum Gasteiger partial charge on any atom is 0.331 e. The van der Waals surface area contributed by atoms with Crippen LogP contribution in [0.4, 0.5) is 0 Å². The second kappa shape index (κ2) is 8.82. The van der Waals surface area contributed by atoms with Crippen molar-refractivity contribution in [1.82, 2.24) is 0 Å². The summed E-state index contributed by atoms with van der Waals surface area (Å²) in [5.41, 5.74) is 1.96. The highest BCUT2D eigenvalue weighted by Gasteiger charge is 1.98. The molecule has 23 heavy (non-hydrogen) atoms. The van der Waals surface area contributed by atoms with Crippen LogP contribution >= 0.6 is 15.9 Å². The van der Waals surface area contributed by atoms with E-state index < -0.39 is 5.97 Å². The molecule has 0 heterocycles. The Kier molecular flexibility index (Phi) is 6.46. The van der Waals surface area contributed by atoms with Crippen molar-refractivity contribution in [2.24, 2.45) is 0 Å². The average Bonchev–Trinajstić information content (AvgIpc) is 2.57. The van der Waals surface area contributed by atoms with Gasteiger partial charge in [0.1, 0.15) is 12.4 Å². The minimum absolute atomic E-state index is 0.0223. The number of carbonyl (C=O) groups excluding carboxylic acids is 1. The van der Waals surface area contributed by atoms with Crippen molar-refractivity contribution in [3.63, 3.8) is 0 Å². The molecule has 0 bridgehead atoms. The number of hydrogen-bond donors (Lipinski definition) is 0. The summed E-state index contributed by atoms with van der Waals surface area (Å²) in [4.78, 5) is 11.3. The van der Waals surface area contributed by atoms with Gasteiger partial charge in [-0.1, -0.05) is 46.1 Å². The van der Waals surface area contributed by atoms with Crippen LogP contribution in [0.5, 0.6) is 5.75 Å². The molecule has 2 aromatic carbocycles. The number of ether oxygens (including phenoxy) is 2. The zero-order chi connectivity index (χ0) is 16.5. The zero-order valence-corrected chi connectivity index (χ0v) is 14.0. The monoisotopic (exact) mass is 370 g/mol. The van der Waals surface area contributed by atoms with Crippen LogP contribution in [0.3, 0.4) is 0 Å². The molecule has 2 aromatic rings. The predicted molar refractivity (Wildman–Crippen MR) is 93.7 cm³/mol. The molecular formula is C19H15BrO3. The highest BCUT2D eigenvalue weighted by atomic mass is 79.9. The molecule has 4 heteroatoms. The Morgan fingerprint density at radius 2 is 2.00 bits per heavy atom. The van der Waals surface area contributed by atoms with Gasteiger partial charge in [-0.3, -0.25) is 0 Å². The fourth-order valence-electron chi connectivity index (χ4n) is 1.79. The van der Waals surface area contributed by atoms with E-state index in [4.69, 9.17) is 15.9 Å². The van der Waals surface area contributed by atoms with Gasteiger partial charge in [0.05, 0.1) is 0 Å². The second-order valence-corrected chi connectivity index (χ2v) is 5.55. The van der Waals surface area contributed by atoms with Crippen LogP contribution in [0.1, 0.15) is 11.1 Å². The smallest absolute Gasteiger partial charge is 0.331 e. The Labute approximate surface area is 144 Å². The number of rotatable bonds is 6. The first-order valence-electron chi connectivity index (χ1n) is 6.93. The summed E-state index contributed by atoms with van der Waals surface area (Å²) in [7, 11) is 0. The van der Waals surface area contributed by atoms with Crippen molar-refractivity contribution in [2.75, 3.05) is 6.61 Å². The second-order valence-electron chi connectivity index (χ2n) is 4.63. The Morgan fingerprint density at radius 1 is 1.22 bits per heavy atom. The van der Waals surface area contributed by atoms with Crippen LogP contribution in [0.2, 0.25) is 0 Å². The van der Waals surface area contributed by atoms with Crippen LogP contribution in [0.15, 0.2) is 59.1 Å². The number of benzene rings is 2. The molecule has 2 rings (SSSR count). The van der Waals surface area contributed by atoms with E-state index in [1.54, 1.807) is 6.08 Å². The predicted octanol–water partition coefficient (Wildman–Crippen LogP) is 4.22. The van der Waals surface area contributed by atoms with Crippen LogP contribution in [-0.2, 0) is 16.1 Å². The van der Waals surface area contributed by atoms with Gasteiger partial charge in [-0.15, -0.1) is 6.42 Å². The van der Waals surface area contributed by atoms with Gasteiger partial charge in [0.2, 0.25) is 0 Å². The van der Waals surface area contributed by atoms with Crippen molar-refractivity contribution in [1.29, 1.82) is 0 Å². The van der Waals surface area contributed by atoms with Gasteiger partial charge in [-0.2, -0.15) is 0 Å². The highest BCUT2D eigenvalue weighted by Crippen LogP contribution is 2.17. The molecule has 116 valence electrons. The molecule has 0 aliphatic rings. The molecule has 0 N–H and O–H groups in total. The number of terminal acetylenes is 1. The number of halogens is 1. The molecule has 0 aliphatic carbocycles. The fraction of sp³-hybridized carbons (Fsp3) is 0.105. The van der Waals surface area contributed by atoms with E-state index in [1.807, 2.05) is 48.5 Å². The van der Waals surface area contributed by atoms with E-state index in [-0.39, 0.29) is 6.61 Å². The van der Waals surface area contributed by atoms with Crippen LogP contribution in [0, 0.1) is 12.3 Å². The topological polar surface area (TPSA) is 35.5 Å². The molecule has 0 aromatic heterocycles. The first-order valence-corrected chi connectivity index (χ1v) is 7.72. The Morgan fingerprint density at radius 3 is 2.70 bits per heavy atom. The van der Waals surface area contributed by atoms with Crippen LogP contribution in [0.25, 0.3) is 6.08 Å². The third-order valence-corrected chi connectivity index (χ3v) is 3.38. The van der Waals surface area contributed by atoms with Gasteiger partial charge >= 0.3 is 5.97 Å². The van der Waals surface area contributed by atoms with Crippen LogP contribution in [-0.4, -0.2) is 12.6 Å². The third kappa shape index (κ3) is 6.01. The van der Waals surface area contributed by atoms with E-state index in [2.05, 4.69) is 21.9 Å². The van der Waals surface area contributed by atoms with Gasteiger partial charge in [0.25, 0.3) is 0 Å². The lowest BCUT2D eigenvalue weighted by molar-refractivity contribution is -0.136. The minimum atomic E-state index is -0.460.